The fraction of sp³-hybridized carbons (Fsp3) is 0.368. The maximum absolute atomic E-state index is 12.7. The number of rotatable bonds is 6. The number of fused-ring (bicyclic) bond motifs is 1. The van der Waals surface area contributed by atoms with Gasteiger partial charge in [-0.2, -0.15) is 0 Å². The number of benzene rings is 1. The SMILES string of the molecule is CCCCSc1nc2c(c(=O)[nH]1)C(C(=O)Nc1ccc(C)cc1)CC(=O)N2. The van der Waals surface area contributed by atoms with Crippen molar-refractivity contribution in [1.29, 1.82) is 0 Å². The summed E-state index contributed by atoms with van der Waals surface area (Å²) in [4.78, 5) is 44.5. The van der Waals surface area contributed by atoms with Crippen LogP contribution in [0.15, 0.2) is 34.2 Å². The molecular weight excluding hydrogens is 364 g/mol. The molecule has 1 aromatic carbocycles. The van der Waals surface area contributed by atoms with Gasteiger partial charge in [0.05, 0.1) is 11.5 Å². The summed E-state index contributed by atoms with van der Waals surface area (Å²) >= 11 is 1.43. The van der Waals surface area contributed by atoms with Crippen molar-refractivity contribution in [2.75, 3.05) is 16.4 Å². The number of unbranched alkanes of at least 4 members (excludes halogenated alkanes) is 1. The number of thioether (sulfide) groups is 1. The predicted molar refractivity (Wildman–Crippen MR) is 106 cm³/mol. The maximum Gasteiger partial charge on any atom is 0.257 e. The minimum atomic E-state index is -0.874. The van der Waals surface area contributed by atoms with Gasteiger partial charge in [-0.25, -0.2) is 4.98 Å². The van der Waals surface area contributed by atoms with E-state index in [2.05, 4.69) is 27.5 Å². The Labute approximate surface area is 161 Å². The fourth-order valence-electron chi connectivity index (χ4n) is 2.82. The quantitative estimate of drug-likeness (QED) is 0.402. The van der Waals surface area contributed by atoms with E-state index in [0.717, 1.165) is 24.2 Å². The molecule has 0 saturated carbocycles. The van der Waals surface area contributed by atoms with Gasteiger partial charge in [0.2, 0.25) is 11.8 Å². The summed E-state index contributed by atoms with van der Waals surface area (Å²) in [5.74, 6) is -0.592. The van der Waals surface area contributed by atoms with E-state index >= 15 is 0 Å². The Hall–Kier alpha value is -2.61. The number of H-pyrrole nitrogens is 1. The standard InChI is InChI=1S/C19H22N4O3S/c1-3-4-9-27-19-22-16-15(18(26)23-19)13(10-14(24)21-16)17(25)20-12-7-5-11(2)6-8-12/h5-8,13H,3-4,9-10H2,1-2H3,(H,20,25)(H2,21,22,23,24,26). The number of carbonyl (C=O) groups is 2. The normalized spacial score (nSPS) is 15.8. The highest BCUT2D eigenvalue weighted by molar-refractivity contribution is 7.99. The second-order valence-electron chi connectivity index (χ2n) is 6.50. The number of nitrogens with zero attached hydrogens (tertiary/aromatic N) is 1. The summed E-state index contributed by atoms with van der Waals surface area (Å²) in [6.45, 7) is 4.04. The van der Waals surface area contributed by atoms with Gasteiger partial charge in [-0.15, -0.1) is 0 Å². The summed E-state index contributed by atoms with van der Waals surface area (Å²) in [5, 5.41) is 5.85. The molecule has 0 aliphatic carbocycles. The largest absolute Gasteiger partial charge is 0.326 e. The summed E-state index contributed by atoms with van der Waals surface area (Å²) < 4.78 is 0. The highest BCUT2D eigenvalue weighted by atomic mass is 32.2. The Balaban J connectivity index is 1.86. The van der Waals surface area contributed by atoms with Crippen LogP contribution in [0.1, 0.15) is 43.2 Å². The molecule has 0 radical (unpaired) electrons. The Kier molecular flexibility index (Phi) is 5.95. The Bertz CT molecular complexity index is 908. The van der Waals surface area contributed by atoms with E-state index in [-0.39, 0.29) is 29.3 Å². The molecule has 27 heavy (non-hydrogen) atoms. The zero-order valence-corrected chi connectivity index (χ0v) is 16.1. The van der Waals surface area contributed by atoms with Crippen LogP contribution in [0.3, 0.4) is 0 Å². The molecule has 0 saturated heterocycles. The lowest BCUT2D eigenvalue weighted by atomic mass is 9.92. The molecular formula is C19H22N4O3S. The Morgan fingerprint density at radius 1 is 1.30 bits per heavy atom. The molecule has 0 fully saturated rings. The number of aryl methyl sites for hydroxylation is 1. The van der Waals surface area contributed by atoms with Gasteiger partial charge in [-0.1, -0.05) is 42.8 Å². The minimum Gasteiger partial charge on any atom is -0.326 e. The molecule has 2 heterocycles. The first-order valence-electron chi connectivity index (χ1n) is 8.92. The molecule has 7 nitrogen and oxygen atoms in total. The first-order chi connectivity index (χ1) is 13.0. The molecule has 1 aromatic heterocycles. The second kappa shape index (κ2) is 8.39. The molecule has 1 aliphatic heterocycles. The number of nitrogens with one attached hydrogen (secondary N) is 3. The van der Waals surface area contributed by atoms with Gasteiger partial charge in [0, 0.05) is 17.9 Å². The molecule has 0 bridgehead atoms. The van der Waals surface area contributed by atoms with Gasteiger partial charge in [0.25, 0.3) is 5.56 Å². The van der Waals surface area contributed by atoms with Crippen molar-refractivity contribution in [3.05, 3.63) is 45.7 Å². The lowest BCUT2D eigenvalue weighted by Crippen LogP contribution is -2.36. The van der Waals surface area contributed by atoms with Gasteiger partial charge in [-0.05, 0) is 25.5 Å². The first-order valence-corrected chi connectivity index (χ1v) is 9.91. The summed E-state index contributed by atoms with van der Waals surface area (Å²) in [7, 11) is 0. The third-order valence-electron chi connectivity index (χ3n) is 4.30. The van der Waals surface area contributed by atoms with Crippen LogP contribution >= 0.6 is 11.8 Å². The number of hydrogen-bond acceptors (Lipinski definition) is 5. The molecule has 1 aliphatic rings. The van der Waals surface area contributed by atoms with Crippen LogP contribution in [0, 0.1) is 6.92 Å². The van der Waals surface area contributed by atoms with E-state index in [1.54, 1.807) is 12.1 Å². The maximum atomic E-state index is 12.7. The molecule has 2 aromatic rings. The van der Waals surface area contributed by atoms with E-state index in [1.165, 1.54) is 11.8 Å². The number of aromatic amines is 1. The van der Waals surface area contributed by atoms with Crippen LogP contribution in [-0.4, -0.2) is 27.5 Å². The van der Waals surface area contributed by atoms with E-state index in [4.69, 9.17) is 0 Å². The van der Waals surface area contributed by atoms with Gasteiger partial charge in [-0.3, -0.25) is 14.4 Å². The molecule has 3 rings (SSSR count). The average molecular weight is 386 g/mol. The van der Waals surface area contributed by atoms with E-state index in [9.17, 15) is 14.4 Å². The van der Waals surface area contributed by atoms with E-state index in [1.807, 2.05) is 19.1 Å². The van der Waals surface area contributed by atoms with Crippen molar-refractivity contribution >= 4 is 35.1 Å². The van der Waals surface area contributed by atoms with Crippen LogP contribution in [0.25, 0.3) is 0 Å². The van der Waals surface area contributed by atoms with Crippen molar-refractivity contribution < 1.29 is 9.59 Å². The fourth-order valence-corrected chi connectivity index (χ4v) is 3.77. The highest BCUT2D eigenvalue weighted by Crippen LogP contribution is 2.30. The summed E-state index contributed by atoms with van der Waals surface area (Å²) in [6.07, 6.45) is 1.96. The van der Waals surface area contributed by atoms with Crippen LogP contribution in [0.5, 0.6) is 0 Å². The van der Waals surface area contributed by atoms with Gasteiger partial charge < -0.3 is 15.6 Å². The lowest BCUT2D eigenvalue weighted by Gasteiger charge is -2.23. The molecule has 8 heteroatoms. The topological polar surface area (TPSA) is 104 Å². The van der Waals surface area contributed by atoms with Crippen LogP contribution in [0.2, 0.25) is 0 Å². The highest BCUT2D eigenvalue weighted by Gasteiger charge is 2.34. The van der Waals surface area contributed by atoms with Gasteiger partial charge >= 0.3 is 0 Å². The molecule has 0 spiro atoms. The number of carbonyl (C=O) groups excluding carboxylic acids is 2. The number of amides is 2. The van der Waals surface area contributed by atoms with Crippen LogP contribution in [-0.2, 0) is 9.59 Å². The summed E-state index contributed by atoms with van der Waals surface area (Å²) in [5.41, 5.74) is 1.51. The number of aromatic nitrogens is 2. The summed E-state index contributed by atoms with van der Waals surface area (Å²) in [6, 6.07) is 7.33. The minimum absolute atomic E-state index is 0.0855. The third-order valence-corrected chi connectivity index (χ3v) is 5.26. The van der Waals surface area contributed by atoms with E-state index < -0.39 is 11.8 Å². The molecule has 1 unspecified atom stereocenters. The van der Waals surface area contributed by atoms with Crippen molar-refractivity contribution in [2.24, 2.45) is 0 Å². The first kappa shape index (κ1) is 19.2. The Morgan fingerprint density at radius 2 is 2.04 bits per heavy atom. The molecule has 1 atom stereocenters. The van der Waals surface area contributed by atoms with Crippen molar-refractivity contribution in [3.63, 3.8) is 0 Å². The van der Waals surface area contributed by atoms with Gasteiger partial charge in [0.15, 0.2) is 5.16 Å². The van der Waals surface area contributed by atoms with Crippen LogP contribution < -0.4 is 16.2 Å². The zero-order chi connectivity index (χ0) is 19.4. The van der Waals surface area contributed by atoms with E-state index in [0.29, 0.717) is 10.8 Å². The molecule has 3 N–H and O–H groups in total. The van der Waals surface area contributed by atoms with Crippen molar-refractivity contribution in [1.82, 2.24) is 9.97 Å². The van der Waals surface area contributed by atoms with Crippen LogP contribution in [0.4, 0.5) is 11.5 Å². The molecule has 142 valence electrons. The number of anilines is 2. The average Bonchev–Trinajstić information content (AvgIpc) is 2.63. The zero-order valence-electron chi connectivity index (χ0n) is 15.3. The number of hydrogen-bond donors (Lipinski definition) is 3. The van der Waals surface area contributed by atoms with Crippen molar-refractivity contribution in [2.45, 2.75) is 44.2 Å². The second-order valence-corrected chi connectivity index (χ2v) is 7.58. The Morgan fingerprint density at radius 3 is 2.74 bits per heavy atom. The monoisotopic (exact) mass is 386 g/mol. The third kappa shape index (κ3) is 4.57. The van der Waals surface area contributed by atoms with Crippen molar-refractivity contribution in [3.8, 4) is 0 Å². The smallest absolute Gasteiger partial charge is 0.257 e. The predicted octanol–water partition coefficient (Wildman–Crippen LogP) is 3.04. The molecule has 2 amide bonds. The lowest BCUT2D eigenvalue weighted by molar-refractivity contribution is -0.123. The van der Waals surface area contributed by atoms with Gasteiger partial charge in [0.1, 0.15) is 5.82 Å².